The second kappa shape index (κ2) is 6.82. The molecule has 9 heteroatoms. The molecule has 0 saturated heterocycles. The topological polar surface area (TPSA) is 84.0 Å². The molecule has 21 heavy (non-hydrogen) atoms. The van der Waals surface area contributed by atoms with Crippen LogP contribution in [0.1, 0.15) is 18.7 Å². The number of nitrogens with one attached hydrogen (secondary N) is 2. The monoisotopic (exact) mass is 390 g/mol. The number of anilines is 1. The molecule has 6 nitrogen and oxygen atoms in total. The molecule has 0 atom stereocenters. The fraction of sp³-hybridized carbons (Fsp3) is 0.333. The van der Waals surface area contributed by atoms with Crippen LogP contribution in [0.25, 0.3) is 0 Å². The molecule has 0 aromatic carbocycles. The van der Waals surface area contributed by atoms with Crippen LogP contribution >= 0.6 is 27.3 Å². The van der Waals surface area contributed by atoms with Gasteiger partial charge in [0, 0.05) is 29.9 Å². The largest absolute Gasteiger partial charge is 0.310 e. The number of aromatic nitrogens is 2. The Kier molecular flexibility index (Phi) is 5.31. The van der Waals surface area contributed by atoms with E-state index in [1.165, 1.54) is 23.7 Å². The molecule has 0 aliphatic heterocycles. The zero-order valence-electron chi connectivity index (χ0n) is 11.5. The highest BCUT2D eigenvalue weighted by Gasteiger charge is 2.22. The third-order valence-electron chi connectivity index (χ3n) is 2.47. The lowest BCUT2D eigenvalue weighted by Gasteiger charge is -2.05. The van der Waals surface area contributed by atoms with E-state index in [1.807, 2.05) is 13.8 Å². The number of thiophene rings is 1. The Morgan fingerprint density at radius 3 is 2.62 bits per heavy atom. The Bertz CT molecular complexity index is 701. The Morgan fingerprint density at radius 2 is 2.00 bits per heavy atom. The SMILES string of the molecule is CC(C)NCc1cc(S(=O)(=O)Nc2ncccn2)c(Br)s1. The van der Waals surface area contributed by atoms with Gasteiger partial charge in [0.15, 0.2) is 0 Å². The molecular formula is C12H15BrN4O2S2. The maximum atomic E-state index is 12.3. The molecule has 2 heterocycles. The maximum absolute atomic E-state index is 12.3. The second-order valence-corrected chi connectivity index (χ2v) is 8.67. The van der Waals surface area contributed by atoms with Gasteiger partial charge in [-0.1, -0.05) is 13.8 Å². The lowest BCUT2D eigenvalue weighted by atomic mass is 10.4. The van der Waals surface area contributed by atoms with Gasteiger partial charge in [-0.25, -0.2) is 23.1 Å². The van der Waals surface area contributed by atoms with Gasteiger partial charge in [-0.15, -0.1) is 11.3 Å². The molecule has 0 aliphatic rings. The summed E-state index contributed by atoms with van der Waals surface area (Å²) in [5.74, 6) is 0.0532. The van der Waals surface area contributed by atoms with Gasteiger partial charge in [0.05, 0.1) is 3.79 Å². The van der Waals surface area contributed by atoms with Gasteiger partial charge < -0.3 is 5.32 Å². The molecule has 0 spiro atoms. The number of halogens is 1. The zero-order chi connectivity index (χ0) is 15.5. The highest BCUT2D eigenvalue weighted by molar-refractivity contribution is 9.11. The fourth-order valence-corrected chi connectivity index (χ4v) is 5.09. The van der Waals surface area contributed by atoms with Gasteiger partial charge in [0.2, 0.25) is 5.95 Å². The molecule has 0 aliphatic carbocycles. The van der Waals surface area contributed by atoms with Crippen molar-refractivity contribution in [2.45, 2.75) is 31.3 Å². The Balaban J connectivity index is 2.20. The smallest absolute Gasteiger partial charge is 0.266 e. The molecule has 114 valence electrons. The summed E-state index contributed by atoms with van der Waals surface area (Å²) < 4.78 is 27.6. The third-order valence-corrected chi connectivity index (χ3v) is 6.05. The average Bonchev–Trinajstić information content (AvgIpc) is 2.79. The van der Waals surface area contributed by atoms with Crippen LogP contribution in [0.5, 0.6) is 0 Å². The lowest BCUT2D eigenvalue weighted by molar-refractivity contribution is 0.592. The van der Waals surface area contributed by atoms with Gasteiger partial charge in [0.1, 0.15) is 4.90 Å². The standard InChI is InChI=1S/C12H15BrN4O2S2/c1-8(2)16-7-9-6-10(11(13)20-9)21(18,19)17-12-14-4-3-5-15-12/h3-6,8,16H,7H2,1-2H3,(H,14,15,17). The molecule has 0 saturated carbocycles. The maximum Gasteiger partial charge on any atom is 0.266 e. The van der Waals surface area contributed by atoms with Crippen molar-refractivity contribution in [3.05, 3.63) is 33.2 Å². The summed E-state index contributed by atoms with van der Waals surface area (Å²) in [6, 6.07) is 3.60. The van der Waals surface area contributed by atoms with Crippen LogP contribution in [0.4, 0.5) is 5.95 Å². The van der Waals surface area contributed by atoms with Gasteiger partial charge in [-0.05, 0) is 28.1 Å². The van der Waals surface area contributed by atoms with E-state index < -0.39 is 10.0 Å². The average molecular weight is 391 g/mol. The molecule has 0 unspecified atom stereocenters. The van der Waals surface area contributed by atoms with E-state index >= 15 is 0 Å². The minimum atomic E-state index is -3.70. The van der Waals surface area contributed by atoms with Crippen molar-refractivity contribution in [3.63, 3.8) is 0 Å². The first-order valence-electron chi connectivity index (χ1n) is 6.20. The van der Waals surface area contributed by atoms with Crippen LogP contribution in [-0.4, -0.2) is 24.4 Å². The molecule has 2 aromatic rings. The van der Waals surface area contributed by atoms with Crippen molar-refractivity contribution >= 4 is 43.2 Å². The number of sulfonamides is 1. The quantitative estimate of drug-likeness (QED) is 0.791. The van der Waals surface area contributed by atoms with Crippen LogP contribution in [0.2, 0.25) is 0 Å². The van der Waals surface area contributed by atoms with Crippen LogP contribution in [0, 0.1) is 0 Å². The highest BCUT2D eigenvalue weighted by Crippen LogP contribution is 2.32. The molecule has 2 N–H and O–H groups in total. The van der Waals surface area contributed by atoms with E-state index in [9.17, 15) is 8.42 Å². The molecule has 0 fully saturated rings. The summed E-state index contributed by atoms with van der Waals surface area (Å²) in [5, 5.41) is 3.25. The normalized spacial score (nSPS) is 11.8. The van der Waals surface area contributed by atoms with Crippen molar-refractivity contribution in [2.75, 3.05) is 4.72 Å². The number of hydrogen-bond donors (Lipinski definition) is 2. The Labute approximate surface area is 136 Å². The van der Waals surface area contributed by atoms with Crippen LogP contribution in [0.15, 0.2) is 33.2 Å². The second-order valence-electron chi connectivity index (χ2n) is 4.56. The molecule has 2 rings (SSSR count). The molecular weight excluding hydrogens is 376 g/mol. The Morgan fingerprint density at radius 1 is 1.33 bits per heavy atom. The minimum absolute atomic E-state index is 0.0532. The van der Waals surface area contributed by atoms with Gasteiger partial charge >= 0.3 is 0 Å². The van der Waals surface area contributed by atoms with Crippen LogP contribution in [0.3, 0.4) is 0 Å². The number of hydrogen-bond acceptors (Lipinski definition) is 6. The zero-order valence-corrected chi connectivity index (χ0v) is 14.7. The first kappa shape index (κ1) is 16.3. The van der Waals surface area contributed by atoms with Gasteiger partial charge in [-0.2, -0.15) is 0 Å². The number of nitrogens with zero attached hydrogens (tertiary/aromatic N) is 2. The molecule has 0 radical (unpaired) electrons. The first-order valence-corrected chi connectivity index (χ1v) is 9.29. The summed E-state index contributed by atoms with van der Waals surface area (Å²) in [7, 11) is -3.70. The van der Waals surface area contributed by atoms with E-state index in [0.29, 0.717) is 16.4 Å². The van der Waals surface area contributed by atoms with E-state index in [-0.39, 0.29) is 10.8 Å². The van der Waals surface area contributed by atoms with E-state index in [1.54, 1.807) is 12.1 Å². The summed E-state index contributed by atoms with van der Waals surface area (Å²) in [6.07, 6.45) is 2.96. The van der Waals surface area contributed by atoms with E-state index in [4.69, 9.17) is 0 Å². The summed E-state index contributed by atoms with van der Waals surface area (Å²) in [4.78, 5) is 8.85. The van der Waals surface area contributed by atoms with E-state index in [2.05, 4.69) is 35.9 Å². The van der Waals surface area contributed by atoms with Crippen molar-refractivity contribution in [2.24, 2.45) is 0 Å². The fourth-order valence-electron chi connectivity index (χ4n) is 1.50. The summed E-state index contributed by atoms with van der Waals surface area (Å²) in [6.45, 7) is 4.70. The first-order chi connectivity index (χ1) is 9.88. The minimum Gasteiger partial charge on any atom is -0.310 e. The van der Waals surface area contributed by atoms with Crippen molar-refractivity contribution in [1.29, 1.82) is 0 Å². The van der Waals surface area contributed by atoms with Crippen LogP contribution < -0.4 is 10.0 Å². The molecule has 2 aromatic heterocycles. The van der Waals surface area contributed by atoms with Crippen molar-refractivity contribution in [1.82, 2.24) is 15.3 Å². The molecule has 0 amide bonds. The van der Waals surface area contributed by atoms with Crippen LogP contribution in [-0.2, 0) is 16.6 Å². The summed E-state index contributed by atoms with van der Waals surface area (Å²) in [5.41, 5.74) is 0. The van der Waals surface area contributed by atoms with E-state index in [0.717, 1.165) is 4.88 Å². The lowest BCUT2D eigenvalue weighted by Crippen LogP contribution is -2.21. The van der Waals surface area contributed by atoms with Crippen molar-refractivity contribution in [3.8, 4) is 0 Å². The predicted octanol–water partition coefficient (Wildman–Crippen LogP) is 2.60. The summed E-state index contributed by atoms with van der Waals surface area (Å²) >= 11 is 4.69. The van der Waals surface area contributed by atoms with Gasteiger partial charge in [0.25, 0.3) is 10.0 Å². The molecule has 0 bridgehead atoms. The Hall–Kier alpha value is -1.03. The predicted molar refractivity (Wildman–Crippen MR) is 86.8 cm³/mol. The number of rotatable bonds is 6. The highest BCUT2D eigenvalue weighted by atomic mass is 79.9. The third kappa shape index (κ3) is 4.47. The van der Waals surface area contributed by atoms with Gasteiger partial charge in [-0.3, -0.25) is 0 Å². The van der Waals surface area contributed by atoms with Crippen molar-refractivity contribution < 1.29 is 8.42 Å².